The predicted octanol–water partition coefficient (Wildman–Crippen LogP) is 3.54. The average molecular weight is 397 g/mol. The van der Waals surface area contributed by atoms with E-state index in [0.29, 0.717) is 30.2 Å². The number of rotatable bonds is 7. The number of piperidine rings is 1. The van der Waals surface area contributed by atoms with Crippen LogP contribution in [0, 0.1) is 0 Å². The highest BCUT2D eigenvalue weighted by atomic mass is 16.5. The lowest BCUT2D eigenvalue weighted by Crippen LogP contribution is -2.40. The lowest BCUT2D eigenvalue weighted by Gasteiger charge is -2.30. The van der Waals surface area contributed by atoms with Crippen LogP contribution in [0.3, 0.4) is 0 Å². The van der Waals surface area contributed by atoms with Crippen LogP contribution in [0.25, 0.3) is 0 Å². The van der Waals surface area contributed by atoms with Gasteiger partial charge >= 0.3 is 5.97 Å². The largest absolute Gasteiger partial charge is 0.493 e. The second-order valence-electron chi connectivity index (χ2n) is 7.03. The first-order valence-corrected chi connectivity index (χ1v) is 9.86. The van der Waals surface area contributed by atoms with Gasteiger partial charge in [0.25, 0.3) is 5.91 Å². The Bertz CT molecular complexity index is 830. The third-order valence-electron chi connectivity index (χ3n) is 5.04. The van der Waals surface area contributed by atoms with Gasteiger partial charge in [-0.25, -0.2) is 0 Å². The van der Waals surface area contributed by atoms with Crippen LogP contribution in [0.4, 0.5) is 0 Å². The molecule has 0 N–H and O–H groups in total. The van der Waals surface area contributed by atoms with Gasteiger partial charge < -0.3 is 19.1 Å². The topological polar surface area (TPSA) is 65.1 Å². The maximum absolute atomic E-state index is 13.1. The maximum atomic E-state index is 13.1. The van der Waals surface area contributed by atoms with Crippen molar-refractivity contribution in [1.82, 2.24) is 4.90 Å². The van der Waals surface area contributed by atoms with Crippen molar-refractivity contribution >= 4 is 11.9 Å². The van der Waals surface area contributed by atoms with Crippen LogP contribution in [0.5, 0.6) is 11.5 Å². The Morgan fingerprint density at radius 1 is 0.931 bits per heavy atom. The number of carbonyl (C=O) groups excluding carboxylic acids is 2. The van der Waals surface area contributed by atoms with E-state index in [-0.39, 0.29) is 12.3 Å². The standard InChI is InChI=1S/C23H27NO5/c1-27-19-12-11-17(15-20(19)28-2)16-21(25)29-22(18-9-5-3-6-10-18)23(26)24-13-7-4-8-14-24/h3,5-6,9-12,15,22H,4,7-8,13-14,16H2,1-2H3/t22-/m0/s1. The summed E-state index contributed by atoms with van der Waals surface area (Å²) in [5, 5.41) is 0. The van der Waals surface area contributed by atoms with Crippen LogP contribution in [-0.2, 0) is 20.7 Å². The Morgan fingerprint density at radius 3 is 2.28 bits per heavy atom. The quantitative estimate of drug-likeness (QED) is 0.669. The number of ether oxygens (including phenoxy) is 3. The molecule has 0 radical (unpaired) electrons. The van der Waals surface area contributed by atoms with E-state index in [1.54, 1.807) is 37.3 Å². The molecule has 6 nitrogen and oxygen atoms in total. The van der Waals surface area contributed by atoms with E-state index in [1.165, 1.54) is 0 Å². The van der Waals surface area contributed by atoms with Crippen molar-refractivity contribution in [2.45, 2.75) is 31.8 Å². The van der Waals surface area contributed by atoms with E-state index in [0.717, 1.165) is 24.8 Å². The van der Waals surface area contributed by atoms with Crippen LogP contribution in [0.15, 0.2) is 48.5 Å². The number of hydrogen-bond donors (Lipinski definition) is 0. The third-order valence-corrected chi connectivity index (χ3v) is 5.04. The monoisotopic (exact) mass is 397 g/mol. The highest BCUT2D eigenvalue weighted by Gasteiger charge is 2.30. The van der Waals surface area contributed by atoms with Gasteiger partial charge in [-0.05, 0) is 37.0 Å². The summed E-state index contributed by atoms with van der Waals surface area (Å²) in [7, 11) is 3.10. The second-order valence-corrected chi connectivity index (χ2v) is 7.03. The molecule has 6 heteroatoms. The Labute approximate surface area is 171 Å². The molecule has 1 saturated heterocycles. The predicted molar refractivity (Wildman–Crippen MR) is 109 cm³/mol. The fraction of sp³-hybridized carbons (Fsp3) is 0.391. The van der Waals surface area contributed by atoms with Crippen LogP contribution in [0.2, 0.25) is 0 Å². The lowest BCUT2D eigenvalue weighted by atomic mass is 10.1. The molecular formula is C23H27NO5. The minimum Gasteiger partial charge on any atom is -0.493 e. The Morgan fingerprint density at radius 2 is 1.62 bits per heavy atom. The zero-order valence-corrected chi connectivity index (χ0v) is 16.9. The number of nitrogens with zero attached hydrogens (tertiary/aromatic N) is 1. The van der Waals surface area contributed by atoms with Gasteiger partial charge in [-0.3, -0.25) is 9.59 Å². The van der Waals surface area contributed by atoms with Crippen LogP contribution >= 0.6 is 0 Å². The Balaban J connectivity index is 1.75. The molecule has 0 bridgehead atoms. The van der Waals surface area contributed by atoms with E-state index < -0.39 is 12.1 Å². The highest BCUT2D eigenvalue weighted by molar-refractivity contribution is 5.85. The normalized spacial score (nSPS) is 14.8. The SMILES string of the molecule is COc1ccc(CC(=O)O[C@H](C(=O)N2CCCCC2)c2ccccc2)cc1OC. The number of carbonyl (C=O) groups is 2. The van der Waals surface area contributed by atoms with Gasteiger partial charge in [-0.15, -0.1) is 0 Å². The zero-order valence-electron chi connectivity index (χ0n) is 16.9. The molecule has 0 spiro atoms. The summed E-state index contributed by atoms with van der Waals surface area (Å²) in [4.78, 5) is 27.6. The zero-order chi connectivity index (χ0) is 20.6. The van der Waals surface area contributed by atoms with E-state index >= 15 is 0 Å². The molecule has 2 aromatic rings. The van der Waals surface area contributed by atoms with Gasteiger partial charge in [-0.1, -0.05) is 36.4 Å². The van der Waals surface area contributed by atoms with Crippen molar-refractivity contribution in [3.63, 3.8) is 0 Å². The van der Waals surface area contributed by atoms with Crippen molar-refractivity contribution in [3.05, 3.63) is 59.7 Å². The van der Waals surface area contributed by atoms with E-state index in [1.807, 2.05) is 30.3 Å². The third kappa shape index (κ3) is 5.28. The van der Waals surface area contributed by atoms with E-state index in [9.17, 15) is 9.59 Å². The number of benzene rings is 2. The minimum atomic E-state index is -0.929. The summed E-state index contributed by atoms with van der Waals surface area (Å²) in [6.45, 7) is 1.41. The van der Waals surface area contributed by atoms with Gasteiger partial charge in [0, 0.05) is 18.7 Å². The van der Waals surface area contributed by atoms with Gasteiger partial charge in [0.15, 0.2) is 11.5 Å². The Hall–Kier alpha value is -3.02. The maximum Gasteiger partial charge on any atom is 0.311 e. The number of hydrogen-bond acceptors (Lipinski definition) is 5. The molecule has 0 unspecified atom stereocenters. The molecule has 1 amide bonds. The minimum absolute atomic E-state index is 0.0387. The summed E-state index contributed by atoms with van der Waals surface area (Å²) in [6, 6.07) is 14.5. The van der Waals surface area contributed by atoms with E-state index in [2.05, 4.69) is 0 Å². The molecule has 1 aliphatic rings. The molecule has 1 heterocycles. The molecule has 2 aromatic carbocycles. The summed E-state index contributed by atoms with van der Waals surface area (Å²) >= 11 is 0. The van der Waals surface area contributed by atoms with Crippen molar-refractivity contribution in [2.24, 2.45) is 0 Å². The fourth-order valence-electron chi connectivity index (χ4n) is 3.50. The second kappa shape index (κ2) is 9.96. The molecule has 1 aliphatic heterocycles. The highest BCUT2D eigenvalue weighted by Crippen LogP contribution is 2.28. The van der Waals surface area contributed by atoms with Crippen molar-refractivity contribution in [2.75, 3.05) is 27.3 Å². The van der Waals surface area contributed by atoms with Crippen LogP contribution in [0.1, 0.15) is 36.5 Å². The summed E-state index contributed by atoms with van der Waals surface area (Å²) in [6.07, 6.45) is 2.19. The number of likely N-dealkylation sites (tertiary alicyclic amines) is 1. The van der Waals surface area contributed by atoms with Gasteiger partial charge in [0.05, 0.1) is 20.6 Å². The molecule has 154 valence electrons. The van der Waals surface area contributed by atoms with Crippen LogP contribution < -0.4 is 9.47 Å². The van der Waals surface area contributed by atoms with E-state index in [4.69, 9.17) is 14.2 Å². The van der Waals surface area contributed by atoms with Crippen LogP contribution in [-0.4, -0.2) is 44.1 Å². The van der Waals surface area contributed by atoms with Crippen molar-refractivity contribution in [1.29, 1.82) is 0 Å². The van der Waals surface area contributed by atoms with Crippen molar-refractivity contribution in [3.8, 4) is 11.5 Å². The molecule has 1 atom stereocenters. The first-order valence-electron chi connectivity index (χ1n) is 9.86. The smallest absolute Gasteiger partial charge is 0.311 e. The van der Waals surface area contributed by atoms with Gasteiger partial charge in [0.1, 0.15) is 0 Å². The molecule has 29 heavy (non-hydrogen) atoms. The molecule has 1 fully saturated rings. The van der Waals surface area contributed by atoms with Crippen molar-refractivity contribution < 1.29 is 23.8 Å². The first-order chi connectivity index (χ1) is 14.1. The molecular weight excluding hydrogens is 370 g/mol. The molecule has 0 aliphatic carbocycles. The number of esters is 1. The summed E-state index contributed by atoms with van der Waals surface area (Å²) in [5.41, 5.74) is 1.41. The van der Waals surface area contributed by atoms with Gasteiger partial charge in [0.2, 0.25) is 6.10 Å². The number of amides is 1. The van der Waals surface area contributed by atoms with Gasteiger partial charge in [-0.2, -0.15) is 0 Å². The molecule has 0 aromatic heterocycles. The molecule has 0 saturated carbocycles. The lowest BCUT2D eigenvalue weighted by molar-refractivity contribution is -0.160. The summed E-state index contributed by atoms with van der Waals surface area (Å²) in [5.74, 6) is 0.516. The first kappa shape index (κ1) is 20.7. The Kier molecular flexibility index (Phi) is 7.11. The number of methoxy groups -OCH3 is 2. The molecule has 3 rings (SSSR count). The fourth-order valence-corrected chi connectivity index (χ4v) is 3.50. The average Bonchev–Trinajstić information content (AvgIpc) is 2.78. The summed E-state index contributed by atoms with van der Waals surface area (Å²) < 4.78 is 16.2.